The average Bonchev–Trinajstić information content (AvgIpc) is 2.82. The zero-order valence-corrected chi connectivity index (χ0v) is 11.4. The zero-order chi connectivity index (χ0) is 12.8. The maximum Gasteiger partial charge on any atom is 0.123 e. The summed E-state index contributed by atoms with van der Waals surface area (Å²) >= 11 is 1.81. The molecular weight excluding hydrogens is 242 g/mol. The minimum Gasteiger partial charge on any atom is -0.384 e. The highest BCUT2D eigenvalue weighted by Gasteiger charge is 2.10. The Labute approximate surface area is 112 Å². The van der Waals surface area contributed by atoms with Crippen molar-refractivity contribution >= 4 is 17.2 Å². The Hall–Kier alpha value is -1.39. The fraction of sp³-hybridized carbons (Fsp3) is 0.357. The molecule has 2 rings (SSSR count). The standard InChI is InChI=1S/C14H19N3S/c1-2-16-12(10-13-4-3-7-18-13)8-11-5-6-17-14(15)9-11/h3-7,9,12,16H,2,8,10H2,1H3,(H2,15,17). The molecule has 1 unspecified atom stereocenters. The van der Waals surface area contributed by atoms with Crippen LogP contribution in [0, 0.1) is 0 Å². The van der Waals surface area contributed by atoms with Gasteiger partial charge in [0.15, 0.2) is 0 Å². The molecule has 2 aromatic rings. The number of nitrogens with two attached hydrogens (primary N) is 1. The van der Waals surface area contributed by atoms with Crippen molar-refractivity contribution in [2.45, 2.75) is 25.8 Å². The van der Waals surface area contributed by atoms with Gasteiger partial charge in [0.1, 0.15) is 5.82 Å². The van der Waals surface area contributed by atoms with Crippen molar-refractivity contribution in [3.8, 4) is 0 Å². The monoisotopic (exact) mass is 261 g/mol. The van der Waals surface area contributed by atoms with E-state index in [9.17, 15) is 0 Å². The molecule has 0 amide bonds. The van der Waals surface area contributed by atoms with Crippen LogP contribution in [0.5, 0.6) is 0 Å². The molecular formula is C14H19N3S. The van der Waals surface area contributed by atoms with Gasteiger partial charge in [0.25, 0.3) is 0 Å². The van der Waals surface area contributed by atoms with Crippen molar-refractivity contribution in [2.24, 2.45) is 0 Å². The molecule has 3 nitrogen and oxygen atoms in total. The van der Waals surface area contributed by atoms with E-state index in [4.69, 9.17) is 5.73 Å². The lowest BCUT2D eigenvalue weighted by atomic mass is 10.0. The van der Waals surface area contributed by atoms with Gasteiger partial charge in [0.05, 0.1) is 0 Å². The molecule has 0 bridgehead atoms. The topological polar surface area (TPSA) is 50.9 Å². The van der Waals surface area contributed by atoms with Crippen molar-refractivity contribution in [3.63, 3.8) is 0 Å². The van der Waals surface area contributed by atoms with Crippen LogP contribution in [0.4, 0.5) is 5.82 Å². The number of hydrogen-bond acceptors (Lipinski definition) is 4. The molecule has 0 spiro atoms. The van der Waals surface area contributed by atoms with Gasteiger partial charge in [-0.25, -0.2) is 4.98 Å². The van der Waals surface area contributed by atoms with Crippen molar-refractivity contribution in [3.05, 3.63) is 46.3 Å². The normalized spacial score (nSPS) is 12.5. The molecule has 3 N–H and O–H groups in total. The largest absolute Gasteiger partial charge is 0.384 e. The summed E-state index contributed by atoms with van der Waals surface area (Å²) in [5.41, 5.74) is 6.96. The summed E-state index contributed by atoms with van der Waals surface area (Å²) in [6.07, 6.45) is 3.82. The van der Waals surface area contributed by atoms with Gasteiger partial charge < -0.3 is 11.1 Å². The first-order valence-corrected chi connectivity index (χ1v) is 7.12. The molecule has 2 aromatic heterocycles. The lowest BCUT2D eigenvalue weighted by Gasteiger charge is -2.17. The van der Waals surface area contributed by atoms with Crippen LogP contribution in [-0.2, 0) is 12.8 Å². The summed E-state index contributed by atoms with van der Waals surface area (Å²) in [5, 5.41) is 5.66. The number of anilines is 1. The van der Waals surface area contributed by atoms with E-state index >= 15 is 0 Å². The number of nitrogens with zero attached hydrogens (tertiary/aromatic N) is 1. The fourth-order valence-corrected chi connectivity index (χ4v) is 2.87. The molecule has 0 aliphatic rings. The van der Waals surface area contributed by atoms with Crippen LogP contribution in [-0.4, -0.2) is 17.6 Å². The number of nitrogen functional groups attached to an aromatic ring is 1. The van der Waals surface area contributed by atoms with E-state index in [0.29, 0.717) is 11.9 Å². The second-order valence-corrected chi connectivity index (χ2v) is 5.36. The molecule has 18 heavy (non-hydrogen) atoms. The summed E-state index contributed by atoms with van der Waals surface area (Å²) in [7, 11) is 0. The van der Waals surface area contributed by atoms with E-state index in [1.54, 1.807) is 6.20 Å². The van der Waals surface area contributed by atoms with Gasteiger partial charge in [-0.05, 0) is 48.5 Å². The van der Waals surface area contributed by atoms with E-state index in [1.807, 2.05) is 23.5 Å². The smallest absolute Gasteiger partial charge is 0.123 e. The van der Waals surface area contributed by atoms with Crippen molar-refractivity contribution < 1.29 is 0 Å². The Morgan fingerprint density at radius 2 is 2.28 bits per heavy atom. The molecule has 0 saturated heterocycles. The number of aromatic nitrogens is 1. The van der Waals surface area contributed by atoms with Gasteiger partial charge in [-0.1, -0.05) is 13.0 Å². The lowest BCUT2D eigenvalue weighted by molar-refractivity contribution is 0.524. The van der Waals surface area contributed by atoms with Gasteiger partial charge >= 0.3 is 0 Å². The molecule has 0 aromatic carbocycles. The Balaban J connectivity index is 2.01. The molecule has 96 valence electrons. The van der Waals surface area contributed by atoms with E-state index in [0.717, 1.165) is 19.4 Å². The van der Waals surface area contributed by atoms with Gasteiger partial charge in [-0.3, -0.25) is 0 Å². The van der Waals surface area contributed by atoms with E-state index in [1.165, 1.54) is 10.4 Å². The van der Waals surface area contributed by atoms with Crippen molar-refractivity contribution in [1.29, 1.82) is 0 Å². The van der Waals surface area contributed by atoms with Crippen molar-refractivity contribution in [2.75, 3.05) is 12.3 Å². The van der Waals surface area contributed by atoms with Crippen LogP contribution >= 0.6 is 11.3 Å². The maximum atomic E-state index is 5.71. The minimum atomic E-state index is 0.454. The molecule has 0 aliphatic carbocycles. The highest BCUT2D eigenvalue weighted by atomic mass is 32.1. The average molecular weight is 261 g/mol. The molecule has 2 heterocycles. The summed E-state index contributed by atoms with van der Waals surface area (Å²) in [4.78, 5) is 5.45. The first kappa shape index (κ1) is 13.1. The molecule has 0 saturated carbocycles. The SMILES string of the molecule is CCNC(Cc1ccnc(N)c1)Cc1cccs1. The summed E-state index contributed by atoms with van der Waals surface area (Å²) in [6.45, 7) is 3.12. The van der Waals surface area contributed by atoms with Crippen LogP contribution in [0.3, 0.4) is 0 Å². The summed E-state index contributed by atoms with van der Waals surface area (Å²) < 4.78 is 0. The summed E-state index contributed by atoms with van der Waals surface area (Å²) in [6, 6.07) is 8.74. The lowest BCUT2D eigenvalue weighted by Crippen LogP contribution is -2.32. The van der Waals surface area contributed by atoms with Crippen LogP contribution < -0.4 is 11.1 Å². The highest BCUT2D eigenvalue weighted by Crippen LogP contribution is 2.14. The first-order valence-electron chi connectivity index (χ1n) is 6.24. The number of rotatable bonds is 6. The van der Waals surface area contributed by atoms with E-state index in [-0.39, 0.29) is 0 Å². The molecule has 4 heteroatoms. The Kier molecular flexibility index (Phi) is 4.73. The minimum absolute atomic E-state index is 0.454. The van der Waals surface area contributed by atoms with Crippen LogP contribution in [0.1, 0.15) is 17.4 Å². The Morgan fingerprint density at radius 3 is 2.94 bits per heavy atom. The van der Waals surface area contributed by atoms with E-state index < -0.39 is 0 Å². The number of nitrogens with one attached hydrogen (secondary N) is 1. The van der Waals surface area contributed by atoms with Crippen LogP contribution in [0.2, 0.25) is 0 Å². The highest BCUT2D eigenvalue weighted by molar-refractivity contribution is 7.09. The van der Waals surface area contributed by atoms with Crippen LogP contribution in [0.15, 0.2) is 35.8 Å². The first-order chi connectivity index (χ1) is 8.78. The summed E-state index contributed by atoms with van der Waals surface area (Å²) in [5.74, 6) is 0.596. The number of hydrogen-bond donors (Lipinski definition) is 2. The second-order valence-electron chi connectivity index (χ2n) is 4.33. The number of thiophene rings is 1. The molecule has 0 fully saturated rings. The van der Waals surface area contributed by atoms with Crippen LogP contribution in [0.25, 0.3) is 0 Å². The quantitative estimate of drug-likeness (QED) is 0.840. The third kappa shape index (κ3) is 3.82. The third-order valence-electron chi connectivity index (χ3n) is 2.85. The van der Waals surface area contributed by atoms with Gasteiger partial charge in [-0.15, -0.1) is 11.3 Å². The molecule has 0 radical (unpaired) electrons. The van der Waals surface area contributed by atoms with E-state index in [2.05, 4.69) is 34.7 Å². The van der Waals surface area contributed by atoms with Crippen molar-refractivity contribution in [1.82, 2.24) is 10.3 Å². The van der Waals surface area contributed by atoms with Gasteiger partial charge in [0.2, 0.25) is 0 Å². The Bertz CT molecular complexity index is 468. The molecule has 1 atom stereocenters. The Morgan fingerprint density at radius 1 is 1.39 bits per heavy atom. The second kappa shape index (κ2) is 6.52. The van der Waals surface area contributed by atoms with Gasteiger partial charge in [0, 0.05) is 17.1 Å². The van der Waals surface area contributed by atoms with Gasteiger partial charge in [-0.2, -0.15) is 0 Å². The number of pyridine rings is 1. The molecule has 0 aliphatic heterocycles. The number of likely N-dealkylation sites (N-methyl/N-ethyl adjacent to an activating group) is 1. The fourth-order valence-electron chi connectivity index (χ4n) is 2.08. The zero-order valence-electron chi connectivity index (χ0n) is 10.6. The third-order valence-corrected chi connectivity index (χ3v) is 3.75. The maximum absolute atomic E-state index is 5.71. The predicted molar refractivity (Wildman–Crippen MR) is 77.8 cm³/mol. The predicted octanol–water partition coefficient (Wildman–Crippen LogP) is 2.49.